The fourth-order valence-corrected chi connectivity index (χ4v) is 2.23. The maximum atomic E-state index is 12.1. The van der Waals surface area contributed by atoms with E-state index in [-0.39, 0.29) is 13.2 Å². The lowest BCUT2D eigenvalue weighted by Crippen LogP contribution is -2.41. The SMILES string of the molecule is CCOP(=O)(OCC)N(C)C(=O)NC(=O)CO. The molecule has 0 atom stereocenters. The molecule has 0 rings (SSSR count). The summed E-state index contributed by atoms with van der Waals surface area (Å²) in [5.74, 6) is -0.901. The van der Waals surface area contributed by atoms with Crippen molar-refractivity contribution in [3.8, 4) is 0 Å². The molecule has 17 heavy (non-hydrogen) atoms. The second-order valence-electron chi connectivity index (χ2n) is 2.84. The Morgan fingerprint density at radius 1 is 1.29 bits per heavy atom. The van der Waals surface area contributed by atoms with Gasteiger partial charge < -0.3 is 5.11 Å². The third kappa shape index (κ3) is 4.82. The van der Waals surface area contributed by atoms with Crippen LogP contribution in [0.5, 0.6) is 0 Å². The zero-order valence-electron chi connectivity index (χ0n) is 10.0. The van der Waals surface area contributed by atoms with Gasteiger partial charge in [0.15, 0.2) is 0 Å². The first-order chi connectivity index (χ1) is 7.91. The van der Waals surface area contributed by atoms with Crippen molar-refractivity contribution in [3.63, 3.8) is 0 Å². The van der Waals surface area contributed by atoms with Gasteiger partial charge in [-0.1, -0.05) is 0 Å². The summed E-state index contributed by atoms with van der Waals surface area (Å²) in [5.41, 5.74) is 0. The van der Waals surface area contributed by atoms with Gasteiger partial charge in [-0.25, -0.2) is 14.0 Å². The van der Waals surface area contributed by atoms with Gasteiger partial charge in [-0.3, -0.25) is 19.2 Å². The highest BCUT2D eigenvalue weighted by Gasteiger charge is 2.34. The predicted octanol–water partition coefficient (Wildman–Crippen LogP) is 0.328. The molecule has 0 fully saturated rings. The van der Waals surface area contributed by atoms with Crippen LogP contribution in [0, 0.1) is 0 Å². The van der Waals surface area contributed by atoms with Gasteiger partial charge in [-0.05, 0) is 13.8 Å². The number of hydrogen-bond acceptors (Lipinski definition) is 6. The van der Waals surface area contributed by atoms with E-state index >= 15 is 0 Å². The average molecular weight is 268 g/mol. The predicted molar refractivity (Wildman–Crippen MR) is 59.2 cm³/mol. The maximum absolute atomic E-state index is 12.1. The van der Waals surface area contributed by atoms with E-state index in [1.54, 1.807) is 13.8 Å². The van der Waals surface area contributed by atoms with Crippen LogP contribution in [0.15, 0.2) is 0 Å². The van der Waals surface area contributed by atoms with E-state index in [2.05, 4.69) is 0 Å². The zero-order valence-corrected chi connectivity index (χ0v) is 10.9. The molecule has 0 aliphatic heterocycles. The van der Waals surface area contributed by atoms with Crippen molar-refractivity contribution < 1.29 is 28.3 Å². The largest absolute Gasteiger partial charge is 0.438 e. The van der Waals surface area contributed by atoms with Gasteiger partial charge in [0.25, 0.3) is 5.91 Å². The van der Waals surface area contributed by atoms with Gasteiger partial charge in [0.2, 0.25) is 0 Å². The molecule has 0 aromatic heterocycles. The number of hydrogen-bond donors (Lipinski definition) is 2. The number of carbonyl (C=O) groups is 2. The third-order valence-corrected chi connectivity index (χ3v) is 3.72. The van der Waals surface area contributed by atoms with E-state index in [1.165, 1.54) is 7.05 Å². The van der Waals surface area contributed by atoms with Crippen LogP contribution in [-0.2, 0) is 18.4 Å². The van der Waals surface area contributed by atoms with E-state index in [0.29, 0.717) is 4.67 Å². The van der Waals surface area contributed by atoms with Crippen molar-refractivity contribution in [1.29, 1.82) is 0 Å². The van der Waals surface area contributed by atoms with Gasteiger partial charge in [0.05, 0.1) is 13.2 Å². The monoisotopic (exact) mass is 268 g/mol. The number of carbonyl (C=O) groups excluding carboxylic acids is 2. The van der Waals surface area contributed by atoms with Crippen LogP contribution in [0.3, 0.4) is 0 Å². The van der Waals surface area contributed by atoms with Crippen molar-refractivity contribution in [2.45, 2.75) is 13.8 Å². The van der Waals surface area contributed by atoms with Crippen molar-refractivity contribution in [3.05, 3.63) is 0 Å². The molecule has 3 amide bonds. The van der Waals surface area contributed by atoms with Crippen LogP contribution in [0.25, 0.3) is 0 Å². The van der Waals surface area contributed by atoms with E-state index in [4.69, 9.17) is 14.2 Å². The van der Waals surface area contributed by atoms with Crippen molar-refractivity contribution in [2.24, 2.45) is 0 Å². The lowest BCUT2D eigenvalue weighted by molar-refractivity contribution is -0.122. The standard InChI is InChI=1S/C8H17N2O6P/c1-4-15-17(14,16-5-2)10(3)8(13)9-7(12)6-11/h11H,4-6H2,1-3H3,(H,9,12,13). The smallest absolute Gasteiger partial charge is 0.387 e. The number of imide groups is 1. The Hall–Kier alpha value is -0.950. The molecule has 100 valence electrons. The molecule has 0 aromatic carbocycles. The number of urea groups is 1. The Kier molecular flexibility index (Phi) is 6.98. The summed E-state index contributed by atoms with van der Waals surface area (Å²) in [5, 5.41) is 10.3. The molecule has 0 saturated carbocycles. The van der Waals surface area contributed by atoms with E-state index in [1.807, 2.05) is 5.32 Å². The second-order valence-corrected chi connectivity index (χ2v) is 4.89. The molecule has 0 aromatic rings. The van der Waals surface area contributed by atoms with Crippen LogP contribution in [0.1, 0.15) is 13.8 Å². The Morgan fingerprint density at radius 2 is 1.76 bits per heavy atom. The van der Waals surface area contributed by atoms with E-state index < -0.39 is 26.3 Å². The normalized spacial score (nSPS) is 11.1. The minimum atomic E-state index is -3.75. The first kappa shape index (κ1) is 16.1. The third-order valence-electron chi connectivity index (χ3n) is 1.64. The quantitative estimate of drug-likeness (QED) is 0.672. The fourth-order valence-electron chi connectivity index (χ4n) is 0.888. The second kappa shape index (κ2) is 7.39. The Bertz CT molecular complexity index is 311. The van der Waals surface area contributed by atoms with Crippen LogP contribution in [0.2, 0.25) is 0 Å². The lowest BCUT2D eigenvalue weighted by Gasteiger charge is -2.25. The molecule has 0 aliphatic carbocycles. The summed E-state index contributed by atoms with van der Waals surface area (Å²) < 4.78 is 22.5. The fraction of sp³-hybridized carbons (Fsp3) is 0.750. The summed E-state index contributed by atoms with van der Waals surface area (Å²) in [6.45, 7) is 2.52. The molecular weight excluding hydrogens is 251 g/mol. The Labute approximate surface area is 99.5 Å². The van der Waals surface area contributed by atoms with Gasteiger partial charge in [-0.15, -0.1) is 0 Å². The molecule has 0 heterocycles. The average Bonchev–Trinajstić information content (AvgIpc) is 2.28. The Morgan fingerprint density at radius 3 is 2.12 bits per heavy atom. The molecule has 0 aliphatic rings. The summed E-state index contributed by atoms with van der Waals surface area (Å²) >= 11 is 0. The van der Waals surface area contributed by atoms with Crippen LogP contribution < -0.4 is 5.32 Å². The van der Waals surface area contributed by atoms with Gasteiger partial charge >= 0.3 is 13.8 Å². The maximum Gasteiger partial charge on any atom is 0.438 e. The molecule has 0 unspecified atom stereocenters. The highest BCUT2D eigenvalue weighted by Crippen LogP contribution is 2.50. The van der Waals surface area contributed by atoms with Crippen LogP contribution >= 0.6 is 7.75 Å². The molecule has 0 saturated heterocycles. The number of nitrogens with zero attached hydrogens (tertiary/aromatic N) is 1. The molecule has 8 nitrogen and oxygen atoms in total. The highest BCUT2D eigenvalue weighted by molar-refractivity contribution is 7.52. The molecule has 2 N–H and O–H groups in total. The number of aliphatic hydroxyl groups is 1. The minimum Gasteiger partial charge on any atom is -0.387 e. The van der Waals surface area contributed by atoms with Crippen LogP contribution in [-0.4, -0.2) is 48.6 Å². The Balaban J connectivity index is 4.71. The van der Waals surface area contributed by atoms with Gasteiger partial charge in [-0.2, -0.15) is 0 Å². The summed E-state index contributed by atoms with van der Waals surface area (Å²) in [6, 6.07) is -0.964. The van der Waals surface area contributed by atoms with E-state index in [0.717, 1.165) is 0 Å². The van der Waals surface area contributed by atoms with Gasteiger partial charge in [0.1, 0.15) is 6.61 Å². The highest BCUT2D eigenvalue weighted by atomic mass is 31.2. The summed E-state index contributed by atoms with van der Waals surface area (Å²) in [4.78, 5) is 22.2. The topological polar surface area (TPSA) is 105 Å². The zero-order chi connectivity index (χ0) is 13.5. The summed E-state index contributed by atoms with van der Waals surface area (Å²) in [6.07, 6.45) is 0. The summed E-state index contributed by atoms with van der Waals surface area (Å²) in [7, 11) is -2.57. The van der Waals surface area contributed by atoms with Crippen LogP contribution in [0.4, 0.5) is 4.79 Å². The molecular formula is C8H17N2O6P. The first-order valence-corrected chi connectivity index (χ1v) is 6.48. The molecule has 0 bridgehead atoms. The molecule has 0 spiro atoms. The molecule has 9 heteroatoms. The number of aliphatic hydroxyl groups excluding tert-OH is 1. The lowest BCUT2D eigenvalue weighted by atomic mass is 10.6. The number of rotatable bonds is 6. The first-order valence-electron chi connectivity index (χ1n) is 4.99. The number of nitrogens with one attached hydrogen (secondary N) is 1. The van der Waals surface area contributed by atoms with Crippen molar-refractivity contribution >= 4 is 19.7 Å². The molecule has 0 radical (unpaired) electrons. The minimum absolute atomic E-state index is 0.0862. The van der Waals surface area contributed by atoms with Crippen molar-refractivity contribution in [1.82, 2.24) is 9.99 Å². The van der Waals surface area contributed by atoms with E-state index in [9.17, 15) is 14.2 Å². The van der Waals surface area contributed by atoms with Crippen molar-refractivity contribution in [2.75, 3.05) is 26.9 Å². The number of amides is 3. The van der Waals surface area contributed by atoms with Gasteiger partial charge in [0, 0.05) is 7.05 Å².